The molecule has 3 aromatic carbocycles. The van der Waals surface area contributed by atoms with Crippen molar-refractivity contribution in [2.45, 2.75) is 13.5 Å². The average molecular weight is 603 g/mol. The number of halogens is 2. The van der Waals surface area contributed by atoms with E-state index in [0.29, 0.717) is 31.3 Å². The molecule has 178 valence electrons. The molecule has 4 rings (SSSR count). The molecule has 4 amide bonds. The van der Waals surface area contributed by atoms with Crippen LogP contribution in [0, 0.1) is 10.5 Å². The fourth-order valence-corrected chi connectivity index (χ4v) is 4.56. The van der Waals surface area contributed by atoms with Gasteiger partial charge in [0.2, 0.25) is 0 Å². The summed E-state index contributed by atoms with van der Waals surface area (Å²) >= 11 is 8.32. The number of methoxy groups -OCH3 is 1. The molecule has 35 heavy (non-hydrogen) atoms. The van der Waals surface area contributed by atoms with Crippen LogP contribution in [-0.2, 0) is 16.2 Å². The molecule has 0 atom stereocenters. The van der Waals surface area contributed by atoms with Gasteiger partial charge in [-0.25, -0.2) is 9.69 Å². The molecule has 0 radical (unpaired) electrons. The van der Waals surface area contributed by atoms with Crippen LogP contribution >= 0.6 is 34.2 Å². The number of barbiturate groups is 1. The van der Waals surface area contributed by atoms with Gasteiger partial charge < -0.3 is 9.47 Å². The van der Waals surface area contributed by atoms with Crippen molar-refractivity contribution in [1.29, 1.82) is 0 Å². The normalized spacial score (nSPS) is 14.8. The van der Waals surface area contributed by atoms with Crippen molar-refractivity contribution >= 4 is 63.8 Å². The third-order valence-electron chi connectivity index (χ3n) is 5.35. The number of imide groups is 2. The zero-order valence-electron chi connectivity index (χ0n) is 18.8. The molecular weight excluding hydrogens is 583 g/mol. The molecule has 0 unspecified atom stereocenters. The van der Waals surface area contributed by atoms with Crippen molar-refractivity contribution in [3.8, 4) is 11.5 Å². The number of urea groups is 1. The molecule has 9 heteroatoms. The van der Waals surface area contributed by atoms with Crippen LogP contribution in [0.1, 0.15) is 16.7 Å². The lowest BCUT2D eigenvalue weighted by Crippen LogP contribution is -2.54. The third kappa shape index (κ3) is 5.18. The van der Waals surface area contributed by atoms with Crippen LogP contribution in [0.15, 0.2) is 66.2 Å². The van der Waals surface area contributed by atoms with E-state index < -0.39 is 17.8 Å². The number of nitrogens with zero attached hydrogens (tertiary/aromatic N) is 1. The third-order valence-corrected chi connectivity index (χ3v) is 6.52. The average Bonchev–Trinajstić information content (AvgIpc) is 2.83. The lowest BCUT2D eigenvalue weighted by molar-refractivity contribution is -0.122. The molecule has 7 nitrogen and oxygen atoms in total. The molecule has 1 saturated heterocycles. The summed E-state index contributed by atoms with van der Waals surface area (Å²) < 4.78 is 12.2. The van der Waals surface area contributed by atoms with Gasteiger partial charge in [0, 0.05) is 10.6 Å². The summed E-state index contributed by atoms with van der Waals surface area (Å²) in [5.41, 5.74) is 2.32. The second-order valence-electron chi connectivity index (χ2n) is 7.66. The Bertz CT molecular complexity index is 1370. The maximum Gasteiger partial charge on any atom is 0.335 e. The minimum Gasteiger partial charge on any atom is -0.493 e. The van der Waals surface area contributed by atoms with Crippen molar-refractivity contribution in [3.05, 3.63) is 91.5 Å². The van der Waals surface area contributed by atoms with E-state index in [-0.39, 0.29) is 12.2 Å². The number of aryl methyl sites for hydroxylation is 1. The molecule has 0 aliphatic carbocycles. The summed E-state index contributed by atoms with van der Waals surface area (Å²) in [5.74, 6) is -0.545. The Morgan fingerprint density at radius 3 is 2.49 bits per heavy atom. The van der Waals surface area contributed by atoms with E-state index in [4.69, 9.17) is 21.1 Å². The molecule has 1 N–H and O–H groups in total. The fourth-order valence-electron chi connectivity index (χ4n) is 3.59. The number of carbonyl (C=O) groups is 3. The first-order chi connectivity index (χ1) is 16.8. The number of para-hydroxylation sites is 1. The minimum atomic E-state index is -0.790. The highest BCUT2D eigenvalue weighted by Gasteiger charge is 2.37. The Morgan fingerprint density at radius 1 is 1.06 bits per heavy atom. The van der Waals surface area contributed by atoms with Crippen LogP contribution in [0.2, 0.25) is 5.02 Å². The lowest BCUT2D eigenvalue weighted by atomic mass is 10.1. The monoisotopic (exact) mass is 602 g/mol. The van der Waals surface area contributed by atoms with Crippen LogP contribution in [0.4, 0.5) is 10.5 Å². The predicted molar refractivity (Wildman–Crippen MR) is 142 cm³/mol. The second kappa shape index (κ2) is 10.5. The molecule has 1 aliphatic rings. The van der Waals surface area contributed by atoms with Crippen molar-refractivity contribution in [1.82, 2.24) is 5.32 Å². The van der Waals surface area contributed by atoms with Gasteiger partial charge in [-0.15, -0.1) is 0 Å². The first-order valence-electron chi connectivity index (χ1n) is 10.5. The Labute approximate surface area is 220 Å². The maximum atomic E-state index is 13.2. The quantitative estimate of drug-likeness (QED) is 0.229. The summed E-state index contributed by atoms with van der Waals surface area (Å²) in [6.07, 6.45) is 1.43. The van der Waals surface area contributed by atoms with Crippen molar-refractivity contribution in [3.63, 3.8) is 0 Å². The highest BCUT2D eigenvalue weighted by molar-refractivity contribution is 14.1. The number of hydrogen-bond acceptors (Lipinski definition) is 5. The Morgan fingerprint density at radius 2 is 1.77 bits per heavy atom. The highest BCUT2D eigenvalue weighted by atomic mass is 127. The summed E-state index contributed by atoms with van der Waals surface area (Å²) in [6, 6.07) is 17.0. The molecule has 1 fully saturated rings. The second-order valence-corrected chi connectivity index (χ2v) is 9.23. The molecule has 1 aliphatic heterocycles. The molecular formula is C26H20ClIN2O5. The van der Waals surface area contributed by atoms with Gasteiger partial charge in [0.25, 0.3) is 11.8 Å². The number of carbonyl (C=O) groups excluding carboxylic acids is 3. The minimum absolute atomic E-state index is 0.171. The predicted octanol–water partition coefficient (Wildman–Crippen LogP) is 5.51. The van der Waals surface area contributed by atoms with Crippen molar-refractivity contribution in [2.24, 2.45) is 0 Å². The van der Waals surface area contributed by atoms with Gasteiger partial charge in [-0.1, -0.05) is 48.0 Å². The molecule has 1 heterocycles. The summed E-state index contributed by atoms with van der Waals surface area (Å²) in [6.45, 7) is 2.02. The van der Waals surface area contributed by atoms with Gasteiger partial charge in [0.05, 0.1) is 16.4 Å². The van der Waals surface area contributed by atoms with Gasteiger partial charge in [-0.3, -0.25) is 14.9 Å². The first-order valence-corrected chi connectivity index (χ1v) is 12.0. The summed E-state index contributed by atoms with van der Waals surface area (Å²) in [7, 11) is 1.50. The molecule has 0 aromatic heterocycles. The van der Waals surface area contributed by atoms with Gasteiger partial charge in [0.15, 0.2) is 11.5 Å². The first kappa shape index (κ1) is 24.7. The van der Waals surface area contributed by atoms with E-state index in [9.17, 15) is 14.4 Å². The SMILES string of the molecule is COc1cc(/C=C2\C(=O)NC(=O)N(c3ccccc3C)C2=O)cc(I)c1OCc1ccccc1Cl. The largest absolute Gasteiger partial charge is 0.493 e. The van der Waals surface area contributed by atoms with Crippen LogP contribution in [0.5, 0.6) is 11.5 Å². The van der Waals surface area contributed by atoms with E-state index in [0.717, 1.165) is 16.0 Å². The van der Waals surface area contributed by atoms with Crippen LogP contribution in [0.3, 0.4) is 0 Å². The van der Waals surface area contributed by atoms with Crippen LogP contribution in [0.25, 0.3) is 6.08 Å². The smallest absolute Gasteiger partial charge is 0.335 e. The Balaban J connectivity index is 1.66. The van der Waals surface area contributed by atoms with E-state index in [1.165, 1.54) is 13.2 Å². The standard InChI is InChI=1S/C26H20ClIN2O5/c1-15-7-3-6-10-21(15)30-25(32)18(24(31)29-26(30)33)11-16-12-20(28)23(22(13-16)34-2)35-14-17-8-4-5-9-19(17)27/h3-13H,14H2,1-2H3,(H,29,31,33)/b18-11+. The number of hydrogen-bond donors (Lipinski definition) is 1. The van der Waals surface area contributed by atoms with E-state index in [1.807, 2.05) is 18.2 Å². The van der Waals surface area contributed by atoms with E-state index in [1.54, 1.807) is 49.4 Å². The summed E-state index contributed by atoms with van der Waals surface area (Å²) in [5, 5.41) is 2.84. The van der Waals surface area contributed by atoms with Crippen molar-refractivity contribution < 1.29 is 23.9 Å². The van der Waals surface area contributed by atoms with Crippen molar-refractivity contribution in [2.75, 3.05) is 12.0 Å². The van der Waals surface area contributed by atoms with E-state index >= 15 is 0 Å². The molecule has 0 saturated carbocycles. The zero-order chi connectivity index (χ0) is 25.1. The maximum absolute atomic E-state index is 13.2. The summed E-state index contributed by atoms with van der Waals surface area (Å²) in [4.78, 5) is 39.2. The lowest BCUT2D eigenvalue weighted by Gasteiger charge is -2.27. The number of anilines is 1. The molecule has 0 spiro atoms. The Hall–Kier alpha value is -3.37. The molecule has 0 bridgehead atoms. The number of benzene rings is 3. The number of nitrogens with one attached hydrogen (secondary N) is 1. The van der Waals surface area contributed by atoms with Crippen LogP contribution < -0.4 is 19.7 Å². The van der Waals surface area contributed by atoms with Gasteiger partial charge >= 0.3 is 6.03 Å². The topological polar surface area (TPSA) is 84.9 Å². The number of rotatable bonds is 6. The fraction of sp³-hybridized carbons (Fsp3) is 0.115. The van der Waals surface area contributed by atoms with Crippen LogP contribution in [-0.4, -0.2) is 25.0 Å². The number of amides is 4. The van der Waals surface area contributed by atoms with Gasteiger partial charge in [-0.2, -0.15) is 0 Å². The highest BCUT2D eigenvalue weighted by Crippen LogP contribution is 2.36. The molecule has 3 aromatic rings. The number of ether oxygens (including phenoxy) is 2. The van der Waals surface area contributed by atoms with Gasteiger partial charge in [0.1, 0.15) is 12.2 Å². The zero-order valence-corrected chi connectivity index (χ0v) is 21.7. The Kier molecular flexibility index (Phi) is 7.42. The van der Waals surface area contributed by atoms with Gasteiger partial charge in [-0.05, 0) is 71.0 Å². The van der Waals surface area contributed by atoms with E-state index in [2.05, 4.69) is 27.9 Å².